The van der Waals surface area contributed by atoms with Gasteiger partial charge in [-0.1, -0.05) is 13.8 Å². The van der Waals surface area contributed by atoms with Gasteiger partial charge in [0, 0.05) is 38.4 Å². The minimum Gasteiger partial charge on any atom is -0.307 e. The first-order valence-corrected chi connectivity index (χ1v) is 8.36. The molecule has 21 heavy (non-hydrogen) atoms. The fraction of sp³-hybridized carbons (Fsp3) is 0.600. The number of hydrogen-bond acceptors (Lipinski definition) is 3. The van der Waals surface area contributed by atoms with Crippen LogP contribution in [0.2, 0.25) is 0 Å². The van der Waals surface area contributed by atoms with Gasteiger partial charge in [-0.2, -0.15) is 10.2 Å². The van der Waals surface area contributed by atoms with E-state index in [1.807, 2.05) is 11.7 Å². The van der Waals surface area contributed by atoms with Crippen molar-refractivity contribution in [1.29, 1.82) is 0 Å². The normalized spacial score (nSPS) is 11.3. The third kappa shape index (κ3) is 3.55. The van der Waals surface area contributed by atoms with Crippen molar-refractivity contribution in [3.8, 4) is 0 Å². The highest BCUT2D eigenvalue weighted by atomic mass is 79.9. The molecule has 0 bridgehead atoms. The predicted molar refractivity (Wildman–Crippen MR) is 88.1 cm³/mol. The van der Waals surface area contributed by atoms with Crippen molar-refractivity contribution in [3.05, 3.63) is 33.3 Å². The van der Waals surface area contributed by atoms with Crippen LogP contribution in [0.1, 0.15) is 43.4 Å². The van der Waals surface area contributed by atoms with Crippen LogP contribution in [0.4, 0.5) is 0 Å². The van der Waals surface area contributed by atoms with Crippen LogP contribution in [0.3, 0.4) is 0 Å². The van der Waals surface area contributed by atoms with Gasteiger partial charge in [-0.25, -0.2) is 0 Å². The zero-order valence-electron chi connectivity index (χ0n) is 13.3. The van der Waals surface area contributed by atoms with Crippen molar-refractivity contribution in [1.82, 2.24) is 24.9 Å². The van der Waals surface area contributed by atoms with E-state index in [9.17, 15) is 0 Å². The summed E-state index contributed by atoms with van der Waals surface area (Å²) in [6, 6.07) is 0. The molecule has 116 valence electrons. The minimum atomic E-state index is 0.805. The van der Waals surface area contributed by atoms with E-state index in [4.69, 9.17) is 0 Å². The van der Waals surface area contributed by atoms with Gasteiger partial charge in [0.05, 0.1) is 21.6 Å². The maximum Gasteiger partial charge on any atom is 0.0767 e. The van der Waals surface area contributed by atoms with Gasteiger partial charge in [-0.05, 0) is 35.7 Å². The molecule has 2 rings (SSSR count). The molecular weight excluding hydrogens is 330 g/mol. The first kappa shape index (κ1) is 16.2. The van der Waals surface area contributed by atoms with E-state index in [-0.39, 0.29) is 0 Å². The van der Waals surface area contributed by atoms with Gasteiger partial charge in [0.2, 0.25) is 0 Å². The summed E-state index contributed by atoms with van der Waals surface area (Å²) < 4.78 is 5.10. The Balaban J connectivity index is 2.04. The topological polar surface area (TPSA) is 47.7 Å². The van der Waals surface area contributed by atoms with Crippen molar-refractivity contribution in [3.63, 3.8) is 0 Å². The molecule has 0 radical (unpaired) electrons. The zero-order valence-corrected chi connectivity index (χ0v) is 14.9. The van der Waals surface area contributed by atoms with Gasteiger partial charge in [-0.15, -0.1) is 0 Å². The molecule has 0 aliphatic carbocycles. The number of aryl methyl sites for hydroxylation is 4. The molecule has 0 aliphatic rings. The lowest BCUT2D eigenvalue weighted by Gasteiger charge is -2.07. The number of aromatic nitrogens is 4. The molecule has 0 atom stereocenters. The number of hydrogen-bond donors (Lipinski definition) is 1. The van der Waals surface area contributed by atoms with E-state index in [1.165, 1.54) is 17.0 Å². The Kier molecular flexibility index (Phi) is 5.58. The summed E-state index contributed by atoms with van der Waals surface area (Å²) in [5, 5.41) is 12.6. The van der Waals surface area contributed by atoms with Gasteiger partial charge in [0.15, 0.2) is 0 Å². The van der Waals surface area contributed by atoms with E-state index in [2.05, 4.69) is 63.1 Å². The van der Waals surface area contributed by atoms with Crippen LogP contribution >= 0.6 is 15.9 Å². The average molecular weight is 354 g/mol. The van der Waals surface area contributed by atoms with E-state index >= 15 is 0 Å². The van der Waals surface area contributed by atoms with Crippen LogP contribution in [-0.4, -0.2) is 19.6 Å². The van der Waals surface area contributed by atoms with Crippen LogP contribution < -0.4 is 5.32 Å². The monoisotopic (exact) mass is 353 g/mol. The highest BCUT2D eigenvalue weighted by Gasteiger charge is 2.13. The Labute approximate surface area is 134 Å². The number of rotatable bonds is 7. The summed E-state index contributed by atoms with van der Waals surface area (Å²) in [7, 11) is 1.97. The molecular formula is C15H24BrN5. The molecule has 0 aromatic carbocycles. The fourth-order valence-electron chi connectivity index (χ4n) is 2.53. The summed E-state index contributed by atoms with van der Waals surface area (Å²) in [6.07, 6.45) is 4.01. The molecule has 0 fully saturated rings. The van der Waals surface area contributed by atoms with E-state index < -0.39 is 0 Å². The second-order valence-electron chi connectivity index (χ2n) is 5.11. The molecule has 0 saturated carbocycles. The maximum atomic E-state index is 4.62. The van der Waals surface area contributed by atoms with Crippen molar-refractivity contribution in [2.45, 2.75) is 53.2 Å². The van der Waals surface area contributed by atoms with Crippen molar-refractivity contribution in [2.75, 3.05) is 0 Å². The third-order valence-electron chi connectivity index (χ3n) is 3.63. The maximum absolute atomic E-state index is 4.62. The standard InChI is InChI=1S/C15H24BrN5/c1-5-12-11(10-20(4)18-12)8-17-9-14-15(16)13(6-2)19-21(14)7-3/h10,17H,5-9H2,1-4H3. The molecule has 0 amide bonds. The van der Waals surface area contributed by atoms with E-state index in [1.54, 1.807) is 0 Å². The lowest BCUT2D eigenvalue weighted by molar-refractivity contribution is 0.575. The van der Waals surface area contributed by atoms with Crippen molar-refractivity contribution < 1.29 is 0 Å². The van der Waals surface area contributed by atoms with Gasteiger partial charge >= 0.3 is 0 Å². The Morgan fingerprint density at radius 3 is 2.43 bits per heavy atom. The summed E-state index contributed by atoms with van der Waals surface area (Å²) >= 11 is 3.68. The van der Waals surface area contributed by atoms with Crippen LogP contribution in [-0.2, 0) is 39.5 Å². The first-order chi connectivity index (χ1) is 10.1. The molecule has 0 unspecified atom stereocenters. The highest BCUT2D eigenvalue weighted by molar-refractivity contribution is 9.10. The first-order valence-electron chi connectivity index (χ1n) is 7.56. The van der Waals surface area contributed by atoms with Crippen LogP contribution in [0.15, 0.2) is 10.7 Å². The summed E-state index contributed by atoms with van der Waals surface area (Å²) in [4.78, 5) is 0. The third-order valence-corrected chi connectivity index (χ3v) is 4.54. The zero-order chi connectivity index (χ0) is 15.4. The number of nitrogens with zero attached hydrogens (tertiary/aromatic N) is 4. The molecule has 0 aliphatic heterocycles. The average Bonchev–Trinajstić information content (AvgIpc) is 2.99. The van der Waals surface area contributed by atoms with Crippen LogP contribution in [0.5, 0.6) is 0 Å². The lowest BCUT2D eigenvalue weighted by atomic mass is 10.2. The smallest absolute Gasteiger partial charge is 0.0767 e. The Bertz CT molecular complexity index is 599. The second kappa shape index (κ2) is 7.22. The van der Waals surface area contributed by atoms with E-state index in [0.29, 0.717) is 0 Å². The lowest BCUT2D eigenvalue weighted by Crippen LogP contribution is -2.17. The van der Waals surface area contributed by atoms with Gasteiger partial charge < -0.3 is 5.32 Å². The largest absolute Gasteiger partial charge is 0.307 e. The van der Waals surface area contributed by atoms with Crippen molar-refractivity contribution in [2.24, 2.45) is 7.05 Å². The molecule has 0 saturated heterocycles. The summed E-state index contributed by atoms with van der Waals surface area (Å²) in [5.74, 6) is 0. The SMILES string of the molecule is CCc1nn(C)cc1CNCc1c(Br)c(CC)nn1CC. The predicted octanol–water partition coefficient (Wildman–Crippen LogP) is 2.81. The highest BCUT2D eigenvalue weighted by Crippen LogP contribution is 2.22. The van der Waals surface area contributed by atoms with Crippen LogP contribution in [0, 0.1) is 0 Å². The molecule has 0 spiro atoms. The van der Waals surface area contributed by atoms with Gasteiger partial charge in [0.1, 0.15) is 0 Å². The molecule has 5 nitrogen and oxygen atoms in total. The van der Waals surface area contributed by atoms with Gasteiger partial charge in [0.25, 0.3) is 0 Å². The van der Waals surface area contributed by atoms with Crippen LogP contribution in [0.25, 0.3) is 0 Å². The minimum absolute atomic E-state index is 0.805. The summed E-state index contributed by atoms with van der Waals surface area (Å²) in [5.41, 5.74) is 4.79. The van der Waals surface area contributed by atoms with E-state index in [0.717, 1.165) is 42.6 Å². The second-order valence-corrected chi connectivity index (χ2v) is 5.90. The Hall–Kier alpha value is -1.14. The molecule has 2 aromatic heterocycles. The molecule has 6 heteroatoms. The van der Waals surface area contributed by atoms with Crippen molar-refractivity contribution >= 4 is 15.9 Å². The fourth-order valence-corrected chi connectivity index (χ4v) is 3.24. The quantitative estimate of drug-likeness (QED) is 0.832. The summed E-state index contributed by atoms with van der Waals surface area (Å²) in [6.45, 7) is 8.93. The molecule has 2 heterocycles. The van der Waals surface area contributed by atoms with Gasteiger partial charge in [-0.3, -0.25) is 9.36 Å². The molecule has 2 aromatic rings. The number of nitrogens with one attached hydrogen (secondary N) is 1. The number of halogens is 1. The Morgan fingerprint density at radius 1 is 1.10 bits per heavy atom. The Morgan fingerprint density at radius 2 is 1.81 bits per heavy atom. The molecule has 1 N–H and O–H groups in total.